The summed E-state index contributed by atoms with van der Waals surface area (Å²) in [4.78, 5) is 37.2. The minimum atomic E-state index is 0.582. The molecule has 2 aliphatic heterocycles. The van der Waals surface area contributed by atoms with Crippen LogP contribution in [0, 0.1) is 0 Å². The van der Waals surface area contributed by atoms with E-state index in [0.29, 0.717) is 45.9 Å². The van der Waals surface area contributed by atoms with Crippen LogP contribution in [0.5, 0.6) is 0 Å². The fourth-order valence-corrected chi connectivity index (χ4v) is 5.69. The Kier molecular flexibility index (Phi) is 5.78. The molecule has 0 unspecified atom stereocenters. The Balaban J connectivity index is 1.59. The minimum absolute atomic E-state index is 0.582. The van der Waals surface area contributed by atoms with Gasteiger partial charge in [0.15, 0.2) is 23.3 Å². The lowest BCUT2D eigenvalue weighted by Crippen LogP contribution is -1.87. The van der Waals surface area contributed by atoms with E-state index in [1.165, 1.54) is 0 Å². The smallest absolute Gasteiger partial charge is 0.164 e. The lowest BCUT2D eigenvalue weighted by atomic mass is 10.1. The Hall–Kier alpha value is -5.76. The summed E-state index contributed by atoms with van der Waals surface area (Å²) in [7, 11) is 0. The number of hydrogen-bond donors (Lipinski definition) is 2. The van der Waals surface area contributed by atoms with E-state index in [1.54, 1.807) is 0 Å². The van der Waals surface area contributed by atoms with Crippen molar-refractivity contribution in [2.75, 3.05) is 0 Å². The van der Waals surface area contributed by atoms with Crippen LogP contribution in [0.3, 0.4) is 0 Å². The highest BCUT2D eigenvalue weighted by atomic mass is 15.1. The molecule has 0 atom stereocenters. The van der Waals surface area contributed by atoms with Crippen LogP contribution in [0.15, 0.2) is 97.1 Å². The van der Waals surface area contributed by atoms with Crippen molar-refractivity contribution in [3.63, 3.8) is 0 Å². The molecule has 8 bridgehead atoms. The number of fused-ring (bicyclic) bond motifs is 17. The maximum Gasteiger partial charge on any atom is 0.164 e. The molecule has 0 saturated carbocycles. The van der Waals surface area contributed by atoms with Crippen molar-refractivity contribution < 1.29 is 0 Å². The third kappa shape index (κ3) is 4.06. The molecule has 206 valence electrons. The largest absolute Gasteiger partial charge is 0.324 e. The molecule has 3 aromatic carbocycles. The number of nitrogens with one attached hydrogen (secondary N) is 2. The summed E-state index contributed by atoms with van der Waals surface area (Å²) < 4.78 is 0. The summed E-state index contributed by atoms with van der Waals surface area (Å²) >= 11 is 0. The molecule has 2 aliphatic rings. The molecule has 8 nitrogen and oxygen atoms in total. The Labute approximate surface area is 246 Å². The van der Waals surface area contributed by atoms with Gasteiger partial charge in [-0.2, -0.15) is 0 Å². The van der Waals surface area contributed by atoms with E-state index in [-0.39, 0.29) is 0 Å². The number of allylic oxidation sites excluding steroid dienone is 6. The number of hydrogen-bond acceptors (Lipinski definition) is 6. The average Bonchev–Trinajstić information content (AvgIpc) is 3.76. The van der Waals surface area contributed by atoms with E-state index in [4.69, 9.17) is 29.9 Å². The van der Waals surface area contributed by atoms with Gasteiger partial charge < -0.3 is 9.97 Å². The van der Waals surface area contributed by atoms with Gasteiger partial charge in [0.05, 0.1) is 0 Å². The molecular weight excluding hydrogens is 532 g/mol. The molecular formula is C35H26N8. The summed E-state index contributed by atoms with van der Waals surface area (Å²) in [6.45, 7) is 4.11. The molecule has 5 heterocycles. The summed E-state index contributed by atoms with van der Waals surface area (Å²) in [6.07, 6.45) is 9.13. The summed E-state index contributed by atoms with van der Waals surface area (Å²) in [5.74, 6) is 2.35. The lowest BCUT2D eigenvalue weighted by molar-refractivity contribution is 1.12. The first-order chi connectivity index (χ1) is 21.2. The van der Waals surface area contributed by atoms with Crippen molar-refractivity contribution in [1.82, 2.24) is 39.9 Å². The van der Waals surface area contributed by atoms with Gasteiger partial charge in [-0.25, -0.2) is 29.9 Å². The van der Waals surface area contributed by atoms with Gasteiger partial charge in [0.1, 0.15) is 22.6 Å². The highest BCUT2D eigenvalue weighted by molar-refractivity contribution is 6.07. The van der Waals surface area contributed by atoms with Gasteiger partial charge >= 0.3 is 0 Å². The maximum atomic E-state index is 5.10. The van der Waals surface area contributed by atoms with Crippen molar-refractivity contribution in [3.8, 4) is 22.8 Å². The second kappa shape index (κ2) is 9.95. The number of H-pyrrole nitrogens is 2. The standard InChI is InChI=1S/C35H26N8/c1-3-5-13-21-20(12-4-2)28-36-29(21)38-31-24-16-8-9-17-25(24)33(40-31)42-35-27-19-11-10-18-26(27)34(43-35)41-32-23-15-7-6-14-22(23)30(37-28)39-32/h4-19H,3H2,1-2H3,(H2,36,37,38,39,40,41,42,43)/b12-4-,13-5-. The van der Waals surface area contributed by atoms with Gasteiger partial charge in [-0.3, -0.25) is 0 Å². The Morgan fingerprint density at radius 3 is 1.35 bits per heavy atom. The zero-order valence-electron chi connectivity index (χ0n) is 23.6. The van der Waals surface area contributed by atoms with Crippen molar-refractivity contribution in [3.05, 3.63) is 109 Å². The van der Waals surface area contributed by atoms with E-state index in [2.05, 4.69) is 29.0 Å². The van der Waals surface area contributed by atoms with E-state index in [9.17, 15) is 0 Å². The molecule has 43 heavy (non-hydrogen) atoms. The molecule has 3 aromatic heterocycles. The number of rotatable bonds is 3. The molecule has 0 radical (unpaired) electrons. The summed E-state index contributed by atoms with van der Waals surface area (Å²) in [5.41, 5.74) is 6.38. The minimum Gasteiger partial charge on any atom is -0.324 e. The second-order valence-electron chi connectivity index (χ2n) is 10.4. The van der Waals surface area contributed by atoms with Crippen LogP contribution in [0.1, 0.15) is 31.9 Å². The fourth-order valence-electron chi connectivity index (χ4n) is 5.69. The lowest BCUT2D eigenvalue weighted by Gasteiger charge is -1.97. The molecule has 0 saturated heterocycles. The normalized spacial score (nSPS) is 13.2. The van der Waals surface area contributed by atoms with Crippen LogP contribution in [0.4, 0.5) is 0 Å². The topological polar surface area (TPSA) is 109 Å². The zero-order valence-corrected chi connectivity index (χ0v) is 23.6. The molecule has 8 rings (SSSR count). The van der Waals surface area contributed by atoms with Gasteiger partial charge in [-0.1, -0.05) is 104 Å². The van der Waals surface area contributed by atoms with Crippen LogP contribution in [0.2, 0.25) is 0 Å². The van der Waals surface area contributed by atoms with E-state index >= 15 is 0 Å². The van der Waals surface area contributed by atoms with Crippen LogP contribution in [-0.4, -0.2) is 39.9 Å². The van der Waals surface area contributed by atoms with Crippen molar-refractivity contribution >= 4 is 55.3 Å². The zero-order chi connectivity index (χ0) is 28.9. The van der Waals surface area contributed by atoms with E-state index in [0.717, 1.165) is 50.2 Å². The van der Waals surface area contributed by atoms with E-state index < -0.39 is 0 Å². The molecule has 0 spiro atoms. The summed E-state index contributed by atoms with van der Waals surface area (Å²) in [6, 6.07) is 24.2. The van der Waals surface area contributed by atoms with E-state index in [1.807, 2.05) is 91.9 Å². The van der Waals surface area contributed by atoms with Crippen LogP contribution in [0.25, 0.3) is 78.1 Å². The highest BCUT2D eigenvalue weighted by Gasteiger charge is 2.22. The Morgan fingerprint density at radius 1 is 0.512 bits per heavy atom. The molecule has 6 aromatic rings. The molecule has 0 aliphatic carbocycles. The third-order valence-corrected chi connectivity index (χ3v) is 7.68. The first-order valence-electron chi connectivity index (χ1n) is 14.4. The molecule has 8 heteroatoms. The Bertz CT molecular complexity index is 2350. The number of benzene rings is 3. The predicted molar refractivity (Wildman–Crippen MR) is 173 cm³/mol. The maximum absolute atomic E-state index is 5.10. The number of aromatic nitrogens is 8. The third-order valence-electron chi connectivity index (χ3n) is 7.68. The van der Waals surface area contributed by atoms with Crippen LogP contribution in [-0.2, 0) is 0 Å². The molecule has 0 fully saturated rings. The van der Waals surface area contributed by atoms with Gasteiger partial charge in [-0.15, -0.1) is 0 Å². The predicted octanol–water partition coefficient (Wildman–Crippen LogP) is 7.99. The molecule has 2 N–H and O–H groups in total. The quantitative estimate of drug-likeness (QED) is 0.227. The van der Waals surface area contributed by atoms with Crippen molar-refractivity contribution in [1.29, 1.82) is 0 Å². The van der Waals surface area contributed by atoms with Crippen LogP contribution < -0.4 is 0 Å². The van der Waals surface area contributed by atoms with Crippen LogP contribution >= 0.6 is 0 Å². The average molecular weight is 559 g/mol. The first kappa shape index (κ1) is 25.0. The van der Waals surface area contributed by atoms with Gasteiger partial charge in [-0.05, 0) is 13.3 Å². The summed E-state index contributed by atoms with van der Waals surface area (Å²) in [5, 5.41) is 3.80. The highest BCUT2D eigenvalue weighted by Crippen LogP contribution is 2.35. The Morgan fingerprint density at radius 2 is 0.907 bits per heavy atom. The monoisotopic (exact) mass is 558 g/mol. The number of aromatic amines is 2. The fraction of sp³-hybridized carbons (Fsp3) is 0.0857. The number of nitrogens with zero attached hydrogens (tertiary/aromatic N) is 6. The van der Waals surface area contributed by atoms with Gasteiger partial charge in [0.2, 0.25) is 0 Å². The second-order valence-corrected chi connectivity index (χ2v) is 10.4. The van der Waals surface area contributed by atoms with Gasteiger partial charge in [0.25, 0.3) is 0 Å². The SMILES string of the molecule is C/C=C\C1=C(/C=C\CC)c2nc1nc1[nH]c(nc3nc(nc4[nH]c(n2)c2ccccc42)-c2ccccc2-3)c2ccccc12. The first-order valence-corrected chi connectivity index (χ1v) is 14.4. The van der Waals surface area contributed by atoms with Crippen molar-refractivity contribution in [2.45, 2.75) is 20.3 Å². The van der Waals surface area contributed by atoms with Crippen molar-refractivity contribution in [2.24, 2.45) is 0 Å². The molecule has 0 amide bonds. The van der Waals surface area contributed by atoms with Gasteiger partial charge in [0, 0.05) is 43.8 Å².